The number of amides is 2. The van der Waals surface area contributed by atoms with E-state index in [9.17, 15) is 27.9 Å². The van der Waals surface area contributed by atoms with Crippen LogP contribution in [0.15, 0.2) is 12.3 Å². The van der Waals surface area contributed by atoms with Gasteiger partial charge in [-0.15, -0.1) is 0 Å². The highest BCUT2D eigenvalue weighted by Crippen LogP contribution is 2.43. The van der Waals surface area contributed by atoms with Crippen molar-refractivity contribution in [2.45, 2.75) is 50.3 Å². The topological polar surface area (TPSA) is 78.2 Å². The third-order valence-electron chi connectivity index (χ3n) is 6.92. The summed E-state index contributed by atoms with van der Waals surface area (Å²) in [5, 5.41) is 9.84. The Morgan fingerprint density at radius 2 is 1.97 bits per heavy atom. The van der Waals surface area contributed by atoms with Crippen LogP contribution in [0.3, 0.4) is 0 Å². The summed E-state index contributed by atoms with van der Waals surface area (Å²) in [5.74, 6) is -0.845. The van der Waals surface area contributed by atoms with Gasteiger partial charge in [-0.25, -0.2) is 4.98 Å². The molecule has 5 rings (SSSR count). The number of fused-ring (bicyclic) bond motifs is 1. The lowest BCUT2D eigenvalue weighted by Crippen LogP contribution is -2.53. The number of piperazine rings is 1. The number of halogens is 4. The molecule has 3 fully saturated rings. The van der Waals surface area contributed by atoms with Crippen molar-refractivity contribution in [2.24, 2.45) is 5.92 Å². The van der Waals surface area contributed by atoms with Crippen molar-refractivity contribution < 1.29 is 27.9 Å². The number of nitrogens with zero attached hydrogens (tertiary/aromatic N) is 4. The van der Waals surface area contributed by atoms with E-state index in [1.54, 1.807) is 4.90 Å². The Hall–Kier alpha value is -2.33. The van der Waals surface area contributed by atoms with Gasteiger partial charge in [-0.3, -0.25) is 14.0 Å². The number of alkyl halides is 3. The first kappa shape index (κ1) is 22.5. The molecule has 1 N–H and O–H groups in total. The minimum atomic E-state index is -4.65. The lowest BCUT2D eigenvalue weighted by Gasteiger charge is -2.35. The molecule has 2 atom stereocenters. The van der Waals surface area contributed by atoms with Gasteiger partial charge < -0.3 is 14.9 Å². The molecule has 0 unspecified atom stereocenters. The molecule has 3 heterocycles. The van der Waals surface area contributed by atoms with Crippen LogP contribution in [0.4, 0.5) is 13.2 Å². The van der Waals surface area contributed by atoms with Crippen molar-refractivity contribution in [2.75, 3.05) is 26.2 Å². The maximum Gasteiger partial charge on any atom is 0.419 e. The van der Waals surface area contributed by atoms with E-state index in [1.165, 1.54) is 11.1 Å². The van der Waals surface area contributed by atoms with Gasteiger partial charge >= 0.3 is 6.18 Å². The van der Waals surface area contributed by atoms with Crippen LogP contribution in [0, 0.1) is 5.92 Å². The molecule has 0 spiro atoms. The molecule has 1 saturated heterocycles. The van der Waals surface area contributed by atoms with Gasteiger partial charge in [0.15, 0.2) is 11.3 Å². The predicted molar refractivity (Wildman–Crippen MR) is 113 cm³/mol. The van der Waals surface area contributed by atoms with Crippen molar-refractivity contribution in [3.63, 3.8) is 0 Å². The summed E-state index contributed by atoms with van der Waals surface area (Å²) in [6.45, 7) is 0.747. The van der Waals surface area contributed by atoms with Crippen molar-refractivity contribution in [3.05, 3.63) is 34.2 Å². The Morgan fingerprint density at radius 1 is 1.21 bits per heavy atom. The highest BCUT2D eigenvalue weighted by molar-refractivity contribution is 6.33. The van der Waals surface area contributed by atoms with E-state index in [2.05, 4.69) is 4.98 Å². The van der Waals surface area contributed by atoms with Gasteiger partial charge in [-0.05, 0) is 43.2 Å². The fourth-order valence-corrected chi connectivity index (χ4v) is 5.11. The molecule has 33 heavy (non-hydrogen) atoms. The van der Waals surface area contributed by atoms with Gasteiger partial charge in [-0.2, -0.15) is 13.2 Å². The maximum absolute atomic E-state index is 13.7. The SMILES string of the molecule is O=C1CN(C(=O)c2nc3c(C(F)(F)F)cc(C4CC4)cn3c2Cl)CCN1C[C@@H]1CCC[C@H]1O. The monoisotopic (exact) mass is 484 g/mol. The molecule has 0 radical (unpaired) electrons. The summed E-state index contributed by atoms with van der Waals surface area (Å²) in [6, 6.07) is 1.09. The van der Waals surface area contributed by atoms with Crippen LogP contribution in [-0.2, 0) is 11.0 Å². The second kappa shape index (κ2) is 8.16. The number of pyridine rings is 1. The fraction of sp³-hybridized carbons (Fsp3) is 0.591. The molecule has 2 aromatic heterocycles. The average molecular weight is 485 g/mol. The minimum absolute atomic E-state index is 0.0329. The summed E-state index contributed by atoms with van der Waals surface area (Å²) >= 11 is 6.35. The van der Waals surface area contributed by atoms with Crippen LogP contribution in [0.5, 0.6) is 0 Å². The second-order valence-electron chi connectivity index (χ2n) is 9.23. The van der Waals surface area contributed by atoms with E-state index >= 15 is 0 Å². The van der Waals surface area contributed by atoms with Crippen molar-refractivity contribution in [3.8, 4) is 0 Å². The lowest BCUT2D eigenvalue weighted by molar-refractivity contribution is -0.137. The molecular weight excluding hydrogens is 461 g/mol. The van der Waals surface area contributed by atoms with E-state index in [1.807, 2.05) is 0 Å². The number of imidazole rings is 1. The van der Waals surface area contributed by atoms with Crippen LogP contribution >= 0.6 is 11.6 Å². The molecule has 2 saturated carbocycles. The number of hydrogen-bond acceptors (Lipinski definition) is 4. The normalized spacial score (nSPS) is 24.2. The summed E-state index contributed by atoms with van der Waals surface area (Å²) in [6.07, 6.45) is 0.583. The number of hydrogen-bond donors (Lipinski definition) is 1. The maximum atomic E-state index is 13.7. The number of aromatic nitrogens is 2. The minimum Gasteiger partial charge on any atom is -0.393 e. The highest BCUT2D eigenvalue weighted by atomic mass is 35.5. The number of carbonyl (C=O) groups is 2. The van der Waals surface area contributed by atoms with Crippen molar-refractivity contribution in [1.29, 1.82) is 0 Å². The summed E-state index contributed by atoms with van der Waals surface area (Å²) < 4.78 is 42.3. The quantitative estimate of drug-likeness (QED) is 0.722. The van der Waals surface area contributed by atoms with Crippen LogP contribution in [-0.4, -0.2) is 68.4 Å². The summed E-state index contributed by atoms with van der Waals surface area (Å²) in [4.78, 5) is 32.6. The first-order valence-electron chi connectivity index (χ1n) is 11.2. The van der Waals surface area contributed by atoms with Gasteiger partial charge in [-0.1, -0.05) is 18.0 Å². The molecule has 2 aliphatic carbocycles. The van der Waals surface area contributed by atoms with Crippen LogP contribution in [0.25, 0.3) is 5.65 Å². The van der Waals surface area contributed by atoms with Gasteiger partial charge in [0.1, 0.15) is 11.7 Å². The molecule has 1 aliphatic heterocycles. The molecule has 0 aromatic carbocycles. The van der Waals surface area contributed by atoms with Crippen LogP contribution < -0.4 is 0 Å². The zero-order valence-corrected chi connectivity index (χ0v) is 18.6. The van der Waals surface area contributed by atoms with E-state index in [4.69, 9.17) is 11.6 Å². The van der Waals surface area contributed by atoms with Crippen LogP contribution in [0.1, 0.15) is 59.6 Å². The Balaban J connectivity index is 1.39. The Labute approximate surface area is 193 Å². The van der Waals surface area contributed by atoms with E-state index < -0.39 is 29.4 Å². The first-order chi connectivity index (χ1) is 15.6. The largest absolute Gasteiger partial charge is 0.419 e. The molecule has 11 heteroatoms. The lowest BCUT2D eigenvalue weighted by atomic mass is 10.0. The summed E-state index contributed by atoms with van der Waals surface area (Å²) in [5.41, 5.74) is -1.11. The predicted octanol–water partition coefficient (Wildman–Crippen LogP) is 3.33. The third kappa shape index (κ3) is 4.19. The van der Waals surface area contributed by atoms with E-state index in [0.29, 0.717) is 18.7 Å². The van der Waals surface area contributed by atoms with Gasteiger partial charge in [0.05, 0.1) is 11.7 Å². The van der Waals surface area contributed by atoms with Gasteiger partial charge in [0.25, 0.3) is 5.91 Å². The Kier molecular flexibility index (Phi) is 5.55. The smallest absolute Gasteiger partial charge is 0.393 e. The number of rotatable bonds is 4. The molecule has 2 amide bonds. The zero-order chi connectivity index (χ0) is 23.5. The number of carbonyl (C=O) groups excluding carboxylic acids is 2. The Morgan fingerprint density at radius 3 is 2.58 bits per heavy atom. The first-order valence-corrected chi connectivity index (χ1v) is 11.5. The summed E-state index contributed by atoms with van der Waals surface area (Å²) in [7, 11) is 0. The molecule has 7 nitrogen and oxygen atoms in total. The molecule has 3 aliphatic rings. The molecular formula is C22H24ClF3N4O3. The highest BCUT2D eigenvalue weighted by Gasteiger charge is 2.39. The second-order valence-corrected chi connectivity index (χ2v) is 9.59. The van der Waals surface area contributed by atoms with Gasteiger partial charge in [0.2, 0.25) is 5.91 Å². The van der Waals surface area contributed by atoms with Crippen molar-refractivity contribution >= 4 is 29.1 Å². The zero-order valence-electron chi connectivity index (χ0n) is 17.8. The number of aliphatic hydroxyl groups is 1. The van der Waals surface area contributed by atoms with E-state index in [0.717, 1.165) is 42.6 Å². The standard InChI is InChI=1S/C22H24ClF3N4O3/c23-19-18(27-20-15(22(24,25)26)8-14(10-30(19)20)12-4-5-12)21(33)29-7-6-28(17(32)11-29)9-13-2-1-3-16(13)31/h8,10,12-13,16,31H,1-7,9,11H2/t13-,16+/m0/s1. The average Bonchev–Trinajstić information content (AvgIpc) is 3.46. The third-order valence-corrected chi connectivity index (χ3v) is 7.28. The number of aliphatic hydroxyl groups excluding tert-OH is 1. The van der Waals surface area contributed by atoms with Gasteiger partial charge in [0, 0.05) is 31.7 Å². The molecule has 0 bridgehead atoms. The van der Waals surface area contributed by atoms with Crippen LogP contribution in [0.2, 0.25) is 5.15 Å². The molecule has 178 valence electrons. The Bertz CT molecular complexity index is 1110. The van der Waals surface area contributed by atoms with E-state index in [-0.39, 0.29) is 41.7 Å². The fourth-order valence-electron chi connectivity index (χ4n) is 4.86. The molecule has 2 aromatic rings. The van der Waals surface area contributed by atoms with Crippen molar-refractivity contribution in [1.82, 2.24) is 19.2 Å².